The van der Waals surface area contributed by atoms with Gasteiger partial charge in [0, 0.05) is 51.9 Å². The molecule has 0 unspecified atom stereocenters. The van der Waals surface area contributed by atoms with Crippen LogP contribution in [0.4, 0.5) is 4.79 Å². The first-order valence-electron chi connectivity index (χ1n) is 9.47. The highest BCUT2D eigenvalue weighted by Crippen LogP contribution is 2.36. The molecule has 144 valence electrons. The maximum absolute atomic E-state index is 12.0. The average molecular weight is 361 g/mol. The van der Waals surface area contributed by atoms with E-state index in [1.54, 1.807) is 26.1 Å². The van der Waals surface area contributed by atoms with E-state index >= 15 is 0 Å². The number of rotatable bonds is 4. The Morgan fingerprint density at radius 2 is 2.08 bits per heavy atom. The molecule has 3 rings (SSSR count). The summed E-state index contributed by atoms with van der Waals surface area (Å²) in [6, 6.07) is 8.41. The molecule has 6 nitrogen and oxygen atoms in total. The Bertz CT molecular complexity index is 612. The molecule has 2 amide bonds. The summed E-state index contributed by atoms with van der Waals surface area (Å²) in [6.07, 6.45) is 3.83. The van der Waals surface area contributed by atoms with Gasteiger partial charge in [-0.05, 0) is 31.7 Å². The van der Waals surface area contributed by atoms with Gasteiger partial charge in [0.25, 0.3) is 0 Å². The zero-order valence-electron chi connectivity index (χ0n) is 16.2. The van der Waals surface area contributed by atoms with E-state index in [0.29, 0.717) is 0 Å². The maximum Gasteiger partial charge on any atom is 0.317 e. The number of urea groups is 1. The molecule has 1 N–H and O–H groups in total. The molecule has 1 atom stereocenters. The Labute approximate surface area is 156 Å². The predicted octanol–water partition coefficient (Wildman–Crippen LogP) is 2.48. The number of carbonyl (C=O) groups is 1. The summed E-state index contributed by atoms with van der Waals surface area (Å²) >= 11 is 0. The Morgan fingerprint density at radius 3 is 2.77 bits per heavy atom. The van der Waals surface area contributed by atoms with Gasteiger partial charge < -0.3 is 19.7 Å². The lowest BCUT2D eigenvalue weighted by Gasteiger charge is -2.46. The number of carbonyl (C=O) groups excluding carboxylic acids is 1. The predicted molar refractivity (Wildman–Crippen MR) is 101 cm³/mol. The van der Waals surface area contributed by atoms with Crippen LogP contribution in [0.3, 0.4) is 0 Å². The summed E-state index contributed by atoms with van der Waals surface area (Å²) in [5.74, 6) is 0.952. The number of nitrogens with one attached hydrogen (secondary N) is 1. The van der Waals surface area contributed by atoms with Crippen molar-refractivity contribution in [2.45, 2.75) is 43.9 Å². The zero-order valence-corrected chi connectivity index (χ0v) is 16.2. The van der Waals surface area contributed by atoms with Crippen LogP contribution in [-0.2, 0) is 11.3 Å². The molecule has 0 aliphatic carbocycles. The summed E-state index contributed by atoms with van der Waals surface area (Å²) in [5.41, 5.74) is 1.14. The number of hydrogen-bond acceptors (Lipinski definition) is 4. The van der Waals surface area contributed by atoms with E-state index in [0.717, 1.165) is 57.7 Å². The van der Waals surface area contributed by atoms with Crippen molar-refractivity contribution in [1.29, 1.82) is 0 Å². The molecule has 0 aromatic heterocycles. The Hall–Kier alpha value is -1.79. The molecule has 0 bridgehead atoms. The van der Waals surface area contributed by atoms with Crippen molar-refractivity contribution in [2.75, 3.05) is 40.9 Å². The van der Waals surface area contributed by atoms with Crippen molar-refractivity contribution < 1.29 is 14.3 Å². The van der Waals surface area contributed by atoms with Gasteiger partial charge in [-0.3, -0.25) is 4.90 Å². The van der Waals surface area contributed by atoms with Gasteiger partial charge in [0.15, 0.2) is 0 Å². The molecule has 2 aliphatic rings. The largest absolute Gasteiger partial charge is 0.496 e. The third kappa shape index (κ3) is 4.48. The Balaban J connectivity index is 1.54. The quantitative estimate of drug-likeness (QED) is 0.895. The third-order valence-electron chi connectivity index (χ3n) is 5.58. The minimum absolute atomic E-state index is 0.0133. The standard InChI is InChI=1S/C20H31N3O3/c1-22(2)19(24)21-17-8-13-26-20(14-17)9-11-23(12-10-20)15-16-6-4-5-7-18(16)25-3/h4-7,17H,8-15H2,1-3H3,(H,21,24)/t17-/m1/s1. The number of piperidine rings is 1. The van der Waals surface area contributed by atoms with Crippen LogP contribution in [0.2, 0.25) is 0 Å². The number of likely N-dealkylation sites (tertiary alicyclic amines) is 1. The fraction of sp³-hybridized carbons (Fsp3) is 0.650. The summed E-state index contributed by atoms with van der Waals surface area (Å²) in [7, 11) is 5.28. The van der Waals surface area contributed by atoms with Gasteiger partial charge in [0.1, 0.15) is 5.75 Å². The Kier molecular flexibility index (Phi) is 6.04. The van der Waals surface area contributed by atoms with Crippen LogP contribution in [0.5, 0.6) is 5.75 Å². The van der Waals surface area contributed by atoms with E-state index in [2.05, 4.69) is 22.3 Å². The van der Waals surface area contributed by atoms with Crippen molar-refractivity contribution in [3.05, 3.63) is 29.8 Å². The van der Waals surface area contributed by atoms with E-state index in [-0.39, 0.29) is 17.7 Å². The second-order valence-corrected chi connectivity index (χ2v) is 7.65. The Morgan fingerprint density at radius 1 is 1.35 bits per heavy atom. The number of ether oxygens (including phenoxy) is 2. The maximum atomic E-state index is 12.0. The lowest BCUT2D eigenvalue weighted by atomic mass is 9.82. The molecular formula is C20H31N3O3. The molecule has 1 aromatic rings. The SMILES string of the molecule is COc1ccccc1CN1CCC2(CC1)C[C@H](NC(=O)N(C)C)CCO2. The first kappa shape index (κ1) is 19.0. The van der Waals surface area contributed by atoms with Crippen LogP contribution in [-0.4, -0.2) is 68.4 Å². The summed E-state index contributed by atoms with van der Waals surface area (Å²) in [6.45, 7) is 3.64. The third-order valence-corrected chi connectivity index (χ3v) is 5.58. The fourth-order valence-corrected chi connectivity index (χ4v) is 4.00. The van der Waals surface area contributed by atoms with Gasteiger partial charge in [-0.1, -0.05) is 18.2 Å². The van der Waals surface area contributed by atoms with Gasteiger partial charge in [0.05, 0.1) is 12.7 Å². The number of amides is 2. The highest BCUT2D eigenvalue weighted by atomic mass is 16.5. The van der Waals surface area contributed by atoms with Crippen LogP contribution in [0.1, 0.15) is 31.2 Å². The van der Waals surface area contributed by atoms with Crippen LogP contribution in [0.25, 0.3) is 0 Å². The minimum atomic E-state index is -0.0835. The lowest BCUT2D eigenvalue weighted by Crippen LogP contribution is -2.54. The second kappa shape index (κ2) is 8.27. The number of methoxy groups -OCH3 is 1. The first-order chi connectivity index (χ1) is 12.5. The zero-order chi connectivity index (χ0) is 18.6. The molecule has 0 saturated carbocycles. The molecule has 1 aromatic carbocycles. The van der Waals surface area contributed by atoms with Crippen molar-refractivity contribution in [2.24, 2.45) is 0 Å². The van der Waals surface area contributed by atoms with Gasteiger partial charge in [-0.2, -0.15) is 0 Å². The van der Waals surface area contributed by atoms with Gasteiger partial charge >= 0.3 is 6.03 Å². The number of hydrogen-bond donors (Lipinski definition) is 1. The molecule has 2 fully saturated rings. The van der Waals surface area contributed by atoms with E-state index in [9.17, 15) is 4.79 Å². The lowest BCUT2D eigenvalue weighted by molar-refractivity contribution is -0.119. The number of nitrogens with zero attached hydrogens (tertiary/aromatic N) is 2. The summed E-state index contributed by atoms with van der Waals surface area (Å²) in [4.78, 5) is 16.0. The summed E-state index contributed by atoms with van der Waals surface area (Å²) < 4.78 is 11.7. The minimum Gasteiger partial charge on any atom is -0.496 e. The van der Waals surface area contributed by atoms with Crippen molar-refractivity contribution >= 4 is 6.03 Å². The number of para-hydroxylation sites is 1. The fourth-order valence-electron chi connectivity index (χ4n) is 4.00. The summed E-state index contributed by atoms with van der Waals surface area (Å²) in [5, 5.41) is 3.13. The highest BCUT2D eigenvalue weighted by molar-refractivity contribution is 5.73. The van der Waals surface area contributed by atoms with Gasteiger partial charge in [-0.15, -0.1) is 0 Å². The van der Waals surface area contributed by atoms with Crippen molar-refractivity contribution in [3.8, 4) is 5.75 Å². The average Bonchev–Trinajstić information content (AvgIpc) is 2.64. The van der Waals surface area contributed by atoms with E-state index in [4.69, 9.17) is 9.47 Å². The van der Waals surface area contributed by atoms with Crippen LogP contribution < -0.4 is 10.1 Å². The van der Waals surface area contributed by atoms with E-state index in [1.807, 2.05) is 12.1 Å². The first-order valence-corrected chi connectivity index (χ1v) is 9.47. The molecular weight excluding hydrogens is 330 g/mol. The van der Waals surface area contributed by atoms with Crippen molar-refractivity contribution in [3.63, 3.8) is 0 Å². The number of benzene rings is 1. The van der Waals surface area contributed by atoms with Gasteiger partial charge in [-0.25, -0.2) is 4.79 Å². The van der Waals surface area contributed by atoms with Crippen molar-refractivity contribution in [1.82, 2.24) is 15.1 Å². The van der Waals surface area contributed by atoms with Gasteiger partial charge in [0.2, 0.25) is 0 Å². The van der Waals surface area contributed by atoms with E-state index in [1.165, 1.54) is 5.56 Å². The van der Waals surface area contributed by atoms with Crippen LogP contribution in [0.15, 0.2) is 24.3 Å². The topological polar surface area (TPSA) is 54.0 Å². The molecule has 26 heavy (non-hydrogen) atoms. The molecule has 2 heterocycles. The normalized spacial score (nSPS) is 22.8. The molecule has 6 heteroatoms. The van der Waals surface area contributed by atoms with Crippen LogP contribution >= 0.6 is 0 Å². The molecule has 2 saturated heterocycles. The molecule has 0 radical (unpaired) electrons. The monoisotopic (exact) mass is 361 g/mol. The highest BCUT2D eigenvalue weighted by Gasteiger charge is 2.40. The smallest absolute Gasteiger partial charge is 0.317 e. The molecule has 1 spiro atoms. The molecule has 2 aliphatic heterocycles. The van der Waals surface area contributed by atoms with Crippen LogP contribution in [0, 0.1) is 0 Å². The second-order valence-electron chi connectivity index (χ2n) is 7.65. The van der Waals surface area contributed by atoms with E-state index < -0.39 is 0 Å².